The predicted molar refractivity (Wildman–Crippen MR) is 165 cm³/mol. The van der Waals surface area contributed by atoms with E-state index < -0.39 is 44.3 Å². The Hall–Kier alpha value is -3.56. The third kappa shape index (κ3) is 12.2. The number of halogens is 3. The molecule has 15 heteroatoms. The Morgan fingerprint density at radius 3 is 2.43 bits per heavy atom. The molecule has 0 fully saturated rings. The second kappa shape index (κ2) is 15.4. The molecule has 11 nitrogen and oxygen atoms in total. The molecule has 0 aliphatic carbocycles. The van der Waals surface area contributed by atoms with E-state index in [1.165, 1.54) is 25.1 Å². The molecule has 0 saturated carbocycles. The Labute approximate surface area is 257 Å². The summed E-state index contributed by atoms with van der Waals surface area (Å²) < 4.78 is 59.4. The average molecular weight is 644 g/mol. The molecular formula is C29H44F3N5O6Si. The van der Waals surface area contributed by atoms with Gasteiger partial charge in [0, 0.05) is 44.4 Å². The standard InChI is InChI=1S/C29H44F3N5O6Si/c1-9-11-21(36-27(40)43-28(3,4)5)24-34-23(17-37(24)18-41-14-15-44(6,7)8)20-13-12-19(33-26(38)39)16-22(20)35-25(42-10-2)29(30,31)32/h9,12-13,16-17,21,25,33,35H,1,10-11,14-15,18H2,2-8H3,(H,36,40)(H,38,39)/t21-,25?/m0/s1. The van der Waals surface area contributed by atoms with E-state index in [0.29, 0.717) is 12.4 Å². The van der Waals surface area contributed by atoms with Gasteiger partial charge in [0.1, 0.15) is 18.2 Å². The van der Waals surface area contributed by atoms with Crippen molar-refractivity contribution >= 4 is 31.6 Å². The summed E-state index contributed by atoms with van der Waals surface area (Å²) in [4.78, 5) is 28.7. The van der Waals surface area contributed by atoms with Gasteiger partial charge in [-0.3, -0.25) is 5.32 Å². The molecule has 0 saturated heterocycles. The molecule has 1 aromatic carbocycles. The SMILES string of the molecule is C=CC[C@H](NC(=O)OC(C)(C)C)c1nc(-c2ccc(NC(=O)O)cc2NC(OCC)C(F)(F)F)cn1COCC[Si](C)(C)C. The Kier molecular flexibility index (Phi) is 12.8. The van der Waals surface area contributed by atoms with Crippen LogP contribution in [0.5, 0.6) is 0 Å². The number of nitrogens with zero attached hydrogens (tertiary/aromatic N) is 2. The zero-order valence-corrected chi connectivity index (χ0v) is 27.3. The highest BCUT2D eigenvalue weighted by atomic mass is 28.3. The number of hydrogen-bond acceptors (Lipinski definition) is 7. The van der Waals surface area contributed by atoms with E-state index in [-0.39, 0.29) is 42.4 Å². The summed E-state index contributed by atoms with van der Waals surface area (Å²) in [5.74, 6) is 0.356. The van der Waals surface area contributed by atoms with Gasteiger partial charge in [0.15, 0.2) is 0 Å². The van der Waals surface area contributed by atoms with Crippen molar-refractivity contribution in [2.45, 2.75) is 90.6 Å². The summed E-state index contributed by atoms with van der Waals surface area (Å²) in [6.07, 6.45) is -5.75. The summed E-state index contributed by atoms with van der Waals surface area (Å²) in [6.45, 7) is 17.4. The average Bonchev–Trinajstić information content (AvgIpc) is 3.27. The first-order valence-corrected chi connectivity index (χ1v) is 17.9. The number of nitrogens with one attached hydrogen (secondary N) is 3. The van der Waals surface area contributed by atoms with Crippen LogP contribution in [0.2, 0.25) is 25.7 Å². The van der Waals surface area contributed by atoms with Gasteiger partial charge in [0.2, 0.25) is 6.23 Å². The van der Waals surface area contributed by atoms with Gasteiger partial charge < -0.3 is 34.5 Å². The Morgan fingerprint density at radius 2 is 1.89 bits per heavy atom. The van der Waals surface area contributed by atoms with Crippen molar-refractivity contribution in [1.82, 2.24) is 14.9 Å². The molecule has 1 heterocycles. The van der Waals surface area contributed by atoms with Crippen LogP contribution in [-0.2, 0) is 20.9 Å². The molecule has 1 aromatic heterocycles. The lowest BCUT2D eigenvalue weighted by Gasteiger charge is -2.24. The van der Waals surface area contributed by atoms with Crippen molar-refractivity contribution < 1.29 is 42.1 Å². The van der Waals surface area contributed by atoms with Crippen LogP contribution in [0.1, 0.15) is 46.0 Å². The summed E-state index contributed by atoms with van der Waals surface area (Å²) in [7, 11) is -1.39. The van der Waals surface area contributed by atoms with Crippen LogP contribution in [0.15, 0.2) is 37.1 Å². The number of carbonyl (C=O) groups excluding carboxylic acids is 1. The molecule has 44 heavy (non-hydrogen) atoms. The second-order valence-corrected chi connectivity index (χ2v) is 17.9. The summed E-state index contributed by atoms with van der Waals surface area (Å²) in [6, 6.07) is 4.26. The van der Waals surface area contributed by atoms with Crippen molar-refractivity contribution in [2.75, 3.05) is 23.8 Å². The van der Waals surface area contributed by atoms with Crippen LogP contribution >= 0.6 is 0 Å². The third-order valence-electron chi connectivity index (χ3n) is 5.90. The van der Waals surface area contributed by atoms with E-state index in [2.05, 4.69) is 42.2 Å². The smallest absolute Gasteiger partial charge is 0.433 e. The maximum atomic E-state index is 13.8. The molecule has 246 valence electrons. The number of anilines is 2. The second-order valence-electron chi connectivity index (χ2n) is 12.2. The monoisotopic (exact) mass is 643 g/mol. The highest BCUT2D eigenvalue weighted by Gasteiger charge is 2.41. The molecule has 0 bridgehead atoms. The number of alkyl halides is 3. The molecule has 2 amide bonds. The van der Waals surface area contributed by atoms with Crippen LogP contribution in [0.25, 0.3) is 11.3 Å². The molecule has 2 atom stereocenters. The van der Waals surface area contributed by atoms with E-state index in [9.17, 15) is 27.9 Å². The number of imidazole rings is 1. The minimum atomic E-state index is -4.77. The molecule has 0 aliphatic rings. The van der Waals surface area contributed by atoms with Crippen LogP contribution in [0.4, 0.5) is 34.1 Å². The Balaban J connectivity index is 2.63. The quantitative estimate of drug-likeness (QED) is 0.0681. The molecule has 4 N–H and O–H groups in total. The topological polar surface area (TPSA) is 136 Å². The molecule has 1 unspecified atom stereocenters. The van der Waals surface area contributed by atoms with Gasteiger partial charge in [0.05, 0.1) is 11.7 Å². The van der Waals surface area contributed by atoms with Gasteiger partial charge in [-0.1, -0.05) is 25.7 Å². The first kappa shape index (κ1) is 36.6. The van der Waals surface area contributed by atoms with Crippen LogP contribution in [0, 0.1) is 0 Å². The molecule has 0 radical (unpaired) electrons. The maximum absolute atomic E-state index is 13.8. The lowest BCUT2D eigenvalue weighted by Crippen LogP contribution is -2.38. The minimum absolute atomic E-state index is 0.0339. The number of aromatic nitrogens is 2. The zero-order chi connectivity index (χ0) is 33.3. The highest BCUT2D eigenvalue weighted by Crippen LogP contribution is 2.35. The summed E-state index contributed by atoms with van der Waals surface area (Å²) >= 11 is 0. The van der Waals surface area contributed by atoms with Gasteiger partial charge in [0.25, 0.3) is 0 Å². The molecule has 0 aliphatic heterocycles. The van der Waals surface area contributed by atoms with Crippen molar-refractivity contribution in [3.8, 4) is 11.3 Å². The van der Waals surface area contributed by atoms with Gasteiger partial charge in [-0.25, -0.2) is 14.6 Å². The van der Waals surface area contributed by atoms with Crippen LogP contribution < -0.4 is 16.0 Å². The number of alkyl carbamates (subject to hydrolysis) is 1. The fourth-order valence-electron chi connectivity index (χ4n) is 3.94. The number of rotatable bonds is 15. The van der Waals surface area contributed by atoms with Crippen LogP contribution in [0.3, 0.4) is 0 Å². The van der Waals surface area contributed by atoms with Crippen molar-refractivity contribution in [2.24, 2.45) is 0 Å². The fraction of sp³-hybridized carbons (Fsp3) is 0.552. The summed E-state index contributed by atoms with van der Waals surface area (Å²) in [5, 5.41) is 16.5. The predicted octanol–water partition coefficient (Wildman–Crippen LogP) is 7.43. The number of carbonyl (C=O) groups is 2. The van der Waals surface area contributed by atoms with Gasteiger partial charge in [-0.05, 0) is 58.4 Å². The number of benzene rings is 1. The summed E-state index contributed by atoms with van der Waals surface area (Å²) in [5.41, 5.74) is -0.331. The third-order valence-corrected chi connectivity index (χ3v) is 7.61. The number of amides is 2. The van der Waals surface area contributed by atoms with E-state index in [1.807, 2.05) is 0 Å². The maximum Gasteiger partial charge on any atom is 0.433 e. The van der Waals surface area contributed by atoms with E-state index in [0.717, 1.165) is 6.04 Å². The van der Waals surface area contributed by atoms with E-state index >= 15 is 0 Å². The lowest BCUT2D eigenvalue weighted by molar-refractivity contribution is -0.209. The normalized spacial score (nSPS) is 13.6. The molecule has 2 rings (SSSR count). The number of carboxylic acid groups (broad SMARTS) is 1. The molecule has 0 spiro atoms. The van der Waals surface area contributed by atoms with Crippen LogP contribution in [-0.4, -0.2) is 66.1 Å². The molecular weight excluding hydrogens is 599 g/mol. The Morgan fingerprint density at radius 1 is 1.20 bits per heavy atom. The lowest BCUT2D eigenvalue weighted by atomic mass is 10.1. The first-order chi connectivity index (χ1) is 20.3. The zero-order valence-electron chi connectivity index (χ0n) is 26.3. The fourth-order valence-corrected chi connectivity index (χ4v) is 4.70. The van der Waals surface area contributed by atoms with E-state index in [4.69, 9.17) is 19.2 Å². The van der Waals surface area contributed by atoms with Crippen molar-refractivity contribution in [1.29, 1.82) is 0 Å². The van der Waals surface area contributed by atoms with Crippen molar-refractivity contribution in [3.05, 3.63) is 42.9 Å². The minimum Gasteiger partial charge on any atom is -0.465 e. The molecule has 2 aromatic rings. The van der Waals surface area contributed by atoms with Gasteiger partial charge in [-0.2, -0.15) is 13.2 Å². The Bertz CT molecular complexity index is 1270. The van der Waals surface area contributed by atoms with E-state index in [1.54, 1.807) is 37.6 Å². The largest absolute Gasteiger partial charge is 0.465 e. The number of hydrogen-bond donors (Lipinski definition) is 4. The number of ether oxygens (including phenoxy) is 3. The first-order valence-electron chi connectivity index (χ1n) is 14.2. The van der Waals surface area contributed by atoms with Gasteiger partial charge >= 0.3 is 18.4 Å². The van der Waals surface area contributed by atoms with Crippen molar-refractivity contribution in [3.63, 3.8) is 0 Å². The highest BCUT2D eigenvalue weighted by molar-refractivity contribution is 6.76. The van der Waals surface area contributed by atoms with Gasteiger partial charge in [-0.15, -0.1) is 6.58 Å².